The van der Waals surface area contributed by atoms with Gasteiger partial charge in [0.25, 0.3) is 0 Å². The zero-order valence-corrected chi connectivity index (χ0v) is 16.5. The van der Waals surface area contributed by atoms with Crippen LogP contribution in [0.15, 0.2) is 35.3 Å². The van der Waals surface area contributed by atoms with Crippen molar-refractivity contribution in [2.45, 2.75) is 39.3 Å². The van der Waals surface area contributed by atoms with Crippen molar-refractivity contribution in [3.63, 3.8) is 0 Å². The minimum Gasteiger partial charge on any atom is -0.359 e. The molecule has 2 rings (SSSR count). The van der Waals surface area contributed by atoms with Gasteiger partial charge < -0.3 is 16.0 Å². The molecule has 1 atom stereocenters. The van der Waals surface area contributed by atoms with Gasteiger partial charge in [0.05, 0.1) is 5.41 Å². The fraction of sp³-hybridized carbons (Fsp3) is 0.600. The number of benzene rings is 1. The van der Waals surface area contributed by atoms with E-state index in [4.69, 9.17) is 0 Å². The van der Waals surface area contributed by atoms with Gasteiger partial charge in [0.15, 0.2) is 5.96 Å². The summed E-state index contributed by atoms with van der Waals surface area (Å²) < 4.78 is 0. The lowest BCUT2D eigenvalue weighted by atomic mass is 9.92. The lowest BCUT2D eigenvalue weighted by Gasteiger charge is -2.27. The summed E-state index contributed by atoms with van der Waals surface area (Å²) in [7, 11) is 3.43. The molecule has 0 spiro atoms. The van der Waals surface area contributed by atoms with Crippen molar-refractivity contribution in [3.8, 4) is 0 Å². The monoisotopic (exact) mass is 359 g/mol. The summed E-state index contributed by atoms with van der Waals surface area (Å²) >= 11 is 0. The predicted molar refractivity (Wildman–Crippen MR) is 107 cm³/mol. The summed E-state index contributed by atoms with van der Waals surface area (Å²) in [5.41, 5.74) is 0.869. The first-order valence-corrected chi connectivity index (χ1v) is 9.41. The molecule has 0 radical (unpaired) electrons. The third kappa shape index (κ3) is 5.73. The van der Waals surface area contributed by atoms with Gasteiger partial charge >= 0.3 is 0 Å². The van der Waals surface area contributed by atoms with Crippen LogP contribution >= 0.6 is 0 Å². The van der Waals surface area contributed by atoms with Gasteiger partial charge in [-0.05, 0) is 38.8 Å². The summed E-state index contributed by atoms with van der Waals surface area (Å²) in [4.78, 5) is 18.7. The molecule has 0 aliphatic carbocycles. The molecule has 1 aromatic carbocycles. The predicted octanol–water partition coefficient (Wildman–Crippen LogP) is 1.59. The maximum absolute atomic E-state index is 11.9. The number of hydrogen-bond donors (Lipinski definition) is 3. The van der Waals surface area contributed by atoms with Gasteiger partial charge in [-0.2, -0.15) is 0 Å². The Balaban J connectivity index is 1.82. The molecule has 1 unspecified atom stereocenters. The average Bonchev–Trinajstić information content (AvgIpc) is 3.09. The van der Waals surface area contributed by atoms with Gasteiger partial charge in [-0.1, -0.05) is 30.3 Å². The molecule has 1 saturated heterocycles. The molecule has 1 aliphatic heterocycles. The van der Waals surface area contributed by atoms with Crippen LogP contribution in [-0.2, 0) is 11.3 Å². The van der Waals surface area contributed by atoms with Crippen molar-refractivity contribution in [1.29, 1.82) is 0 Å². The largest absolute Gasteiger partial charge is 0.359 e. The Hall–Kier alpha value is -2.08. The molecule has 1 aromatic rings. The van der Waals surface area contributed by atoms with Crippen LogP contribution in [0.3, 0.4) is 0 Å². The first-order valence-electron chi connectivity index (χ1n) is 9.41. The van der Waals surface area contributed by atoms with Gasteiger partial charge in [-0.3, -0.25) is 14.7 Å². The first kappa shape index (κ1) is 20.2. The molecular weight excluding hydrogens is 326 g/mol. The Morgan fingerprint density at radius 1 is 1.27 bits per heavy atom. The number of hydrogen-bond acceptors (Lipinski definition) is 3. The number of likely N-dealkylation sites (tertiary alicyclic amines) is 1. The quantitative estimate of drug-likeness (QED) is 0.511. The van der Waals surface area contributed by atoms with E-state index in [-0.39, 0.29) is 5.91 Å². The second kappa shape index (κ2) is 9.57. The van der Waals surface area contributed by atoms with Gasteiger partial charge in [0.1, 0.15) is 0 Å². The van der Waals surface area contributed by atoms with Crippen LogP contribution in [-0.4, -0.2) is 56.5 Å². The van der Waals surface area contributed by atoms with E-state index in [1.54, 1.807) is 14.1 Å². The zero-order valence-electron chi connectivity index (χ0n) is 16.5. The van der Waals surface area contributed by atoms with Crippen molar-refractivity contribution < 1.29 is 4.79 Å². The molecule has 0 saturated carbocycles. The number of amides is 1. The van der Waals surface area contributed by atoms with Crippen LogP contribution in [0.1, 0.15) is 32.3 Å². The Morgan fingerprint density at radius 3 is 2.65 bits per heavy atom. The van der Waals surface area contributed by atoms with Gasteiger partial charge in [-0.15, -0.1) is 0 Å². The Kier molecular flexibility index (Phi) is 7.45. The fourth-order valence-corrected chi connectivity index (χ4v) is 3.31. The van der Waals surface area contributed by atoms with Crippen molar-refractivity contribution in [2.24, 2.45) is 10.4 Å². The highest BCUT2D eigenvalue weighted by molar-refractivity contribution is 5.84. The van der Waals surface area contributed by atoms with Crippen LogP contribution in [0.25, 0.3) is 0 Å². The lowest BCUT2D eigenvalue weighted by molar-refractivity contribution is -0.128. The van der Waals surface area contributed by atoms with Crippen molar-refractivity contribution in [2.75, 3.05) is 33.7 Å². The van der Waals surface area contributed by atoms with Gasteiger partial charge in [-0.25, -0.2) is 0 Å². The van der Waals surface area contributed by atoms with E-state index >= 15 is 0 Å². The summed E-state index contributed by atoms with van der Waals surface area (Å²) in [6, 6.07) is 11.1. The molecule has 144 valence electrons. The summed E-state index contributed by atoms with van der Waals surface area (Å²) in [5.74, 6) is 0.763. The summed E-state index contributed by atoms with van der Waals surface area (Å²) in [6.07, 6.45) is 2.43. The minimum atomic E-state index is -0.487. The van der Waals surface area contributed by atoms with E-state index in [2.05, 4.69) is 56.2 Å². The van der Waals surface area contributed by atoms with E-state index < -0.39 is 5.41 Å². The standard InChI is InChI=1S/C20H33N5O/c1-20(2,18(26)21-3)15-24-19(22-4)23-13-17-11-8-12-25(17)14-16-9-6-5-7-10-16/h5-7,9-10,17H,8,11-15H2,1-4H3,(H,21,26)(H2,22,23,24). The van der Waals surface area contributed by atoms with E-state index in [0.717, 1.165) is 25.6 Å². The topological polar surface area (TPSA) is 68.8 Å². The molecule has 26 heavy (non-hydrogen) atoms. The van der Waals surface area contributed by atoms with Gasteiger partial charge in [0.2, 0.25) is 5.91 Å². The fourth-order valence-electron chi connectivity index (χ4n) is 3.31. The van der Waals surface area contributed by atoms with Crippen LogP contribution < -0.4 is 16.0 Å². The highest BCUT2D eigenvalue weighted by atomic mass is 16.2. The summed E-state index contributed by atoms with van der Waals surface area (Å²) in [5, 5.41) is 9.40. The number of aliphatic imine (C=N–C) groups is 1. The number of carbonyl (C=O) groups is 1. The first-order chi connectivity index (χ1) is 12.5. The van der Waals surface area contributed by atoms with E-state index in [9.17, 15) is 4.79 Å². The summed E-state index contributed by atoms with van der Waals surface area (Å²) in [6.45, 7) is 7.35. The normalized spacial score (nSPS) is 18.6. The Bertz CT molecular complexity index is 599. The van der Waals surface area contributed by atoms with Crippen LogP contribution in [0, 0.1) is 5.41 Å². The highest BCUT2D eigenvalue weighted by Gasteiger charge is 2.27. The van der Waals surface area contributed by atoms with Crippen molar-refractivity contribution >= 4 is 11.9 Å². The number of nitrogens with zero attached hydrogens (tertiary/aromatic N) is 2. The second-order valence-corrected chi connectivity index (χ2v) is 7.52. The van der Waals surface area contributed by atoms with Crippen LogP contribution in [0.2, 0.25) is 0 Å². The Labute approximate surface area is 157 Å². The number of guanidine groups is 1. The molecule has 0 aromatic heterocycles. The number of carbonyl (C=O) groups excluding carboxylic acids is 1. The molecule has 1 heterocycles. The van der Waals surface area contributed by atoms with E-state index in [1.165, 1.54) is 18.4 Å². The van der Waals surface area contributed by atoms with Gasteiger partial charge in [0, 0.05) is 39.8 Å². The van der Waals surface area contributed by atoms with Crippen LogP contribution in [0.4, 0.5) is 0 Å². The van der Waals surface area contributed by atoms with E-state index in [1.807, 2.05) is 13.8 Å². The number of nitrogens with one attached hydrogen (secondary N) is 3. The molecule has 3 N–H and O–H groups in total. The smallest absolute Gasteiger partial charge is 0.227 e. The Morgan fingerprint density at radius 2 is 2.00 bits per heavy atom. The maximum atomic E-state index is 11.9. The molecule has 6 heteroatoms. The van der Waals surface area contributed by atoms with E-state index in [0.29, 0.717) is 12.6 Å². The average molecular weight is 360 g/mol. The third-order valence-electron chi connectivity index (χ3n) is 5.00. The molecule has 1 aliphatic rings. The number of rotatable bonds is 7. The molecule has 1 fully saturated rings. The SMILES string of the molecule is CN=C(NCC1CCCN1Cc1ccccc1)NCC(C)(C)C(=O)NC. The third-order valence-corrected chi connectivity index (χ3v) is 5.00. The zero-order chi connectivity index (χ0) is 19.0. The molecule has 6 nitrogen and oxygen atoms in total. The minimum absolute atomic E-state index is 0.0188. The maximum Gasteiger partial charge on any atom is 0.227 e. The lowest BCUT2D eigenvalue weighted by Crippen LogP contribution is -2.49. The molecular formula is C20H33N5O. The van der Waals surface area contributed by atoms with Crippen LogP contribution in [0.5, 0.6) is 0 Å². The second-order valence-electron chi connectivity index (χ2n) is 7.52. The van der Waals surface area contributed by atoms with Crippen molar-refractivity contribution in [3.05, 3.63) is 35.9 Å². The highest BCUT2D eigenvalue weighted by Crippen LogP contribution is 2.19. The molecule has 0 bridgehead atoms. The molecule has 1 amide bonds. The van der Waals surface area contributed by atoms with Crippen molar-refractivity contribution in [1.82, 2.24) is 20.9 Å².